The minimum absolute atomic E-state index is 0.0168. The minimum Gasteiger partial charge on any atom is -0.492 e. The topological polar surface area (TPSA) is 105 Å². The number of amides is 2. The zero-order chi connectivity index (χ0) is 23.0. The highest BCUT2D eigenvalue weighted by Crippen LogP contribution is 2.30. The highest BCUT2D eigenvalue weighted by atomic mass is 32.2. The molecule has 1 atom stereocenters. The summed E-state index contributed by atoms with van der Waals surface area (Å²) in [6.45, 7) is 7.75. The van der Waals surface area contributed by atoms with E-state index in [2.05, 4.69) is 10.6 Å². The molecule has 2 N–H and O–H groups in total. The lowest BCUT2D eigenvalue weighted by Gasteiger charge is -2.21. The maximum Gasteiger partial charge on any atom is 0.251 e. The largest absolute Gasteiger partial charge is 0.492 e. The van der Waals surface area contributed by atoms with Crippen LogP contribution in [0.1, 0.15) is 38.1 Å². The second-order valence-electron chi connectivity index (χ2n) is 6.73. The molecule has 168 valence electrons. The van der Waals surface area contributed by atoms with E-state index in [9.17, 15) is 18.0 Å². The number of hydrogen-bond acceptors (Lipinski definition) is 5. The van der Waals surface area contributed by atoms with Gasteiger partial charge in [-0.2, -0.15) is 4.31 Å². The van der Waals surface area contributed by atoms with Gasteiger partial charge in [-0.3, -0.25) is 9.59 Å². The molecule has 0 spiro atoms. The van der Waals surface area contributed by atoms with Gasteiger partial charge in [0, 0.05) is 24.3 Å². The maximum atomic E-state index is 13.0. The van der Waals surface area contributed by atoms with Gasteiger partial charge >= 0.3 is 0 Å². The minimum atomic E-state index is -3.80. The Morgan fingerprint density at radius 1 is 1.03 bits per heavy atom. The molecule has 9 heteroatoms. The maximum absolute atomic E-state index is 13.0. The molecule has 8 nitrogen and oxygen atoms in total. The first-order valence-corrected chi connectivity index (χ1v) is 11.6. The van der Waals surface area contributed by atoms with Crippen molar-refractivity contribution in [3.8, 4) is 5.75 Å². The van der Waals surface area contributed by atoms with Crippen molar-refractivity contribution in [1.82, 2.24) is 9.62 Å². The average molecular weight is 448 g/mol. The van der Waals surface area contributed by atoms with Crippen LogP contribution in [0.5, 0.6) is 5.75 Å². The Kier molecular flexibility index (Phi) is 8.58. The number of hydrogen-bond donors (Lipinski definition) is 2. The normalized spacial score (nSPS) is 12.3. The molecule has 0 aliphatic carbocycles. The van der Waals surface area contributed by atoms with Crippen LogP contribution in [0.25, 0.3) is 0 Å². The van der Waals surface area contributed by atoms with E-state index >= 15 is 0 Å². The number of benzene rings is 2. The van der Waals surface area contributed by atoms with Gasteiger partial charge in [0.1, 0.15) is 16.7 Å². The SMILES string of the molecule is CCOc1ccc(NC(=O)[C@@H](C)NC(=O)c2ccccc2)cc1S(=O)(=O)N(CC)CC. The van der Waals surface area contributed by atoms with Gasteiger partial charge in [0.05, 0.1) is 6.61 Å². The molecule has 0 fully saturated rings. The molecule has 2 aromatic rings. The smallest absolute Gasteiger partial charge is 0.251 e. The van der Waals surface area contributed by atoms with Crippen molar-refractivity contribution in [2.45, 2.75) is 38.6 Å². The zero-order valence-electron chi connectivity index (χ0n) is 18.2. The number of carbonyl (C=O) groups excluding carboxylic acids is 2. The lowest BCUT2D eigenvalue weighted by Crippen LogP contribution is -2.41. The third-order valence-corrected chi connectivity index (χ3v) is 6.68. The average Bonchev–Trinajstić information content (AvgIpc) is 2.76. The summed E-state index contributed by atoms with van der Waals surface area (Å²) in [5.74, 6) is -0.628. The number of nitrogens with one attached hydrogen (secondary N) is 2. The van der Waals surface area contributed by atoms with E-state index in [0.717, 1.165) is 0 Å². The van der Waals surface area contributed by atoms with Crippen LogP contribution >= 0.6 is 0 Å². The van der Waals surface area contributed by atoms with Crippen molar-refractivity contribution >= 4 is 27.5 Å². The third kappa shape index (κ3) is 6.05. The number of sulfonamides is 1. The molecule has 0 heterocycles. The van der Waals surface area contributed by atoms with Gasteiger partial charge in [0.25, 0.3) is 5.91 Å². The van der Waals surface area contributed by atoms with Crippen molar-refractivity contribution in [3.63, 3.8) is 0 Å². The summed E-state index contributed by atoms with van der Waals surface area (Å²) in [5, 5.41) is 5.29. The highest BCUT2D eigenvalue weighted by molar-refractivity contribution is 7.89. The zero-order valence-corrected chi connectivity index (χ0v) is 19.0. The number of nitrogens with zero attached hydrogens (tertiary/aromatic N) is 1. The van der Waals surface area contributed by atoms with E-state index in [-0.39, 0.29) is 16.6 Å². The Morgan fingerprint density at radius 2 is 1.68 bits per heavy atom. The number of rotatable bonds is 10. The van der Waals surface area contributed by atoms with E-state index in [1.165, 1.54) is 16.4 Å². The van der Waals surface area contributed by atoms with Gasteiger partial charge in [-0.15, -0.1) is 0 Å². The van der Waals surface area contributed by atoms with Crippen LogP contribution in [0.15, 0.2) is 53.4 Å². The van der Waals surface area contributed by atoms with Crippen molar-refractivity contribution in [1.29, 1.82) is 0 Å². The predicted molar refractivity (Wildman–Crippen MR) is 120 cm³/mol. The Morgan fingerprint density at radius 3 is 2.26 bits per heavy atom. The summed E-state index contributed by atoms with van der Waals surface area (Å²) < 4.78 is 32.9. The van der Waals surface area contributed by atoms with Crippen molar-refractivity contribution in [2.24, 2.45) is 0 Å². The number of ether oxygens (including phenoxy) is 1. The Balaban J connectivity index is 2.22. The quantitative estimate of drug-likeness (QED) is 0.583. The van der Waals surface area contributed by atoms with Gasteiger partial charge in [-0.05, 0) is 44.2 Å². The molecule has 2 aromatic carbocycles. The monoisotopic (exact) mass is 447 g/mol. The first-order valence-electron chi connectivity index (χ1n) is 10.2. The molecule has 0 saturated heterocycles. The summed E-state index contributed by atoms with van der Waals surface area (Å²) in [4.78, 5) is 24.8. The molecule has 0 radical (unpaired) electrons. The highest BCUT2D eigenvalue weighted by Gasteiger charge is 2.27. The fourth-order valence-corrected chi connectivity index (χ4v) is 4.57. The van der Waals surface area contributed by atoms with E-state index in [1.54, 1.807) is 64.1 Å². The van der Waals surface area contributed by atoms with Crippen LogP contribution in [0.2, 0.25) is 0 Å². The Hall–Kier alpha value is -2.91. The van der Waals surface area contributed by atoms with Gasteiger partial charge in [-0.1, -0.05) is 32.0 Å². The van der Waals surface area contributed by atoms with E-state index in [0.29, 0.717) is 30.9 Å². The van der Waals surface area contributed by atoms with Crippen LogP contribution in [-0.4, -0.2) is 50.3 Å². The van der Waals surface area contributed by atoms with E-state index in [1.807, 2.05) is 0 Å². The number of anilines is 1. The molecule has 31 heavy (non-hydrogen) atoms. The summed E-state index contributed by atoms with van der Waals surface area (Å²) in [5.41, 5.74) is 0.732. The molecule has 0 aliphatic heterocycles. The summed E-state index contributed by atoms with van der Waals surface area (Å²) in [6, 6.07) is 12.2. The molecule has 0 bridgehead atoms. The lowest BCUT2D eigenvalue weighted by molar-refractivity contribution is -0.117. The molecule has 2 rings (SSSR count). The van der Waals surface area contributed by atoms with Gasteiger partial charge in [-0.25, -0.2) is 8.42 Å². The summed E-state index contributed by atoms with van der Waals surface area (Å²) >= 11 is 0. The second kappa shape index (κ2) is 10.9. The summed E-state index contributed by atoms with van der Waals surface area (Å²) in [7, 11) is -3.80. The molecule has 2 amide bonds. The number of carbonyl (C=O) groups is 2. The Bertz CT molecular complexity index is 1010. The van der Waals surface area contributed by atoms with Crippen LogP contribution < -0.4 is 15.4 Å². The summed E-state index contributed by atoms with van der Waals surface area (Å²) in [6.07, 6.45) is 0. The Labute approximate surface area is 183 Å². The van der Waals surface area contributed by atoms with E-state index in [4.69, 9.17) is 4.74 Å². The first-order chi connectivity index (χ1) is 14.7. The molecular weight excluding hydrogens is 418 g/mol. The fourth-order valence-electron chi connectivity index (χ4n) is 2.95. The van der Waals surface area contributed by atoms with Gasteiger partial charge in [0.15, 0.2) is 0 Å². The van der Waals surface area contributed by atoms with Crippen molar-refractivity contribution < 1.29 is 22.7 Å². The van der Waals surface area contributed by atoms with Crippen molar-refractivity contribution in [2.75, 3.05) is 25.0 Å². The van der Waals surface area contributed by atoms with E-state index < -0.39 is 22.0 Å². The van der Waals surface area contributed by atoms with Crippen LogP contribution in [0.4, 0.5) is 5.69 Å². The second-order valence-corrected chi connectivity index (χ2v) is 8.64. The van der Waals surface area contributed by atoms with Gasteiger partial charge in [0.2, 0.25) is 15.9 Å². The third-order valence-electron chi connectivity index (χ3n) is 4.61. The van der Waals surface area contributed by atoms with Crippen molar-refractivity contribution in [3.05, 3.63) is 54.1 Å². The van der Waals surface area contributed by atoms with Crippen LogP contribution in [0, 0.1) is 0 Å². The molecule has 0 saturated carbocycles. The predicted octanol–water partition coefficient (Wildman–Crippen LogP) is 2.87. The molecule has 0 aromatic heterocycles. The fraction of sp³-hybridized carbons (Fsp3) is 0.364. The van der Waals surface area contributed by atoms with Crippen LogP contribution in [-0.2, 0) is 14.8 Å². The first kappa shape index (κ1) is 24.4. The van der Waals surface area contributed by atoms with Crippen LogP contribution in [0.3, 0.4) is 0 Å². The molecule has 0 unspecified atom stereocenters. The molecule has 0 aliphatic rings. The van der Waals surface area contributed by atoms with Gasteiger partial charge < -0.3 is 15.4 Å². The lowest BCUT2D eigenvalue weighted by atomic mass is 10.2. The molecular formula is C22H29N3O5S. The standard InChI is InChI=1S/C22H29N3O5S/c1-5-25(6-2)31(28,29)20-15-18(13-14-19(20)30-7-3)24-21(26)16(4)23-22(27)17-11-9-8-10-12-17/h8-16H,5-7H2,1-4H3,(H,23,27)(H,24,26)/t16-/m1/s1.